The summed E-state index contributed by atoms with van der Waals surface area (Å²) in [5, 5.41) is 2.59. The van der Waals surface area contributed by atoms with Gasteiger partial charge in [0.05, 0.1) is 13.2 Å². The Morgan fingerprint density at radius 3 is 2.62 bits per heavy atom. The molecule has 0 radical (unpaired) electrons. The third-order valence-corrected chi connectivity index (χ3v) is 3.55. The van der Waals surface area contributed by atoms with E-state index in [-0.39, 0.29) is 13.2 Å². The highest BCUT2D eigenvalue weighted by Gasteiger charge is 2.09. The molecule has 0 aliphatic heterocycles. The summed E-state index contributed by atoms with van der Waals surface area (Å²) in [6.07, 6.45) is -0.530. The van der Waals surface area contributed by atoms with Crippen molar-refractivity contribution in [3.8, 4) is 11.5 Å². The minimum atomic E-state index is -0.530. The van der Waals surface area contributed by atoms with Crippen LogP contribution in [0.4, 0.5) is 9.18 Å². The lowest BCUT2D eigenvalue weighted by Crippen LogP contribution is -2.30. The van der Waals surface area contributed by atoms with Gasteiger partial charge in [-0.1, -0.05) is 38.1 Å². The van der Waals surface area contributed by atoms with Gasteiger partial charge in [-0.15, -0.1) is 0 Å². The molecule has 0 bridgehead atoms. The molecule has 0 saturated carbocycles. The first kappa shape index (κ1) is 19.7. The molecule has 0 fully saturated rings. The molecule has 0 aliphatic carbocycles. The van der Waals surface area contributed by atoms with Crippen LogP contribution in [0, 0.1) is 5.82 Å². The first-order chi connectivity index (χ1) is 12.6. The number of nitrogens with one attached hydrogen (secondary N) is 1. The van der Waals surface area contributed by atoms with E-state index in [0.717, 1.165) is 5.56 Å². The van der Waals surface area contributed by atoms with E-state index < -0.39 is 6.09 Å². The number of ether oxygens (including phenoxy) is 3. The summed E-state index contributed by atoms with van der Waals surface area (Å²) in [7, 11) is 0. The van der Waals surface area contributed by atoms with Crippen LogP contribution in [0.3, 0.4) is 0 Å². The molecule has 2 rings (SSSR count). The highest BCUT2D eigenvalue weighted by atomic mass is 19.1. The molecule has 1 amide bonds. The van der Waals surface area contributed by atoms with Crippen LogP contribution in [0.25, 0.3) is 0 Å². The number of hydrogen-bond acceptors (Lipinski definition) is 4. The molecule has 0 spiro atoms. The van der Waals surface area contributed by atoms with Gasteiger partial charge in [0.15, 0.2) is 0 Å². The normalized spacial score (nSPS) is 10.6. The maximum absolute atomic E-state index is 13.4. The molecule has 0 atom stereocenters. The Labute approximate surface area is 154 Å². The summed E-state index contributed by atoms with van der Waals surface area (Å²) in [5.41, 5.74) is 0.955. The van der Waals surface area contributed by atoms with Gasteiger partial charge in [0.1, 0.15) is 23.9 Å². The smallest absolute Gasteiger partial charge is 0.412 e. The largest absolute Gasteiger partial charge is 0.491 e. The lowest BCUT2D eigenvalue weighted by Gasteiger charge is -2.14. The topological polar surface area (TPSA) is 56.8 Å². The van der Waals surface area contributed by atoms with Gasteiger partial charge in [-0.3, -0.25) is 0 Å². The molecular formula is C20H26FNO4. The Morgan fingerprint density at radius 2 is 1.88 bits per heavy atom. The molecule has 0 aromatic heterocycles. The minimum absolute atomic E-state index is 0. The average molecular weight is 363 g/mol. The average Bonchev–Trinajstić information content (AvgIpc) is 2.61. The van der Waals surface area contributed by atoms with Crippen LogP contribution < -0.4 is 14.8 Å². The molecule has 5 nitrogen and oxygen atoms in total. The van der Waals surface area contributed by atoms with Crippen LogP contribution in [-0.4, -0.2) is 32.5 Å². The van der Waals surface area contributed by atoms with Crippen molar-refractivity contribution in [3.05, 3.63) is 59.9 Å². The Balaban J connectivity index is 0.00000364. The number of hydrogen-bond donors (Lipinski definition) is 1. The first-order valence-corrected chi connectivity index (χ1v) is 8.57. The predicted molar refractivity (Wildman–Crippen MR) is 99.4 cm³/mol. The van der Waals surface area contributed by atoms with Gasteiger partial charge in [-0.2, -0.15) is 0 Å². The van der Waals surface area contributed by atoms with Crippen molar-refractivity contribution in [2.45, 2.75) is 19.8 Å². The third kappa shape index (κ3) is 6.72. The van der Waals surface area contributed by atoms with Gasteiger partial charge in [0, 0.05) is 14.0 Å². The Kier molecular flexibility index (Phi) is 7.89. The zero-order valence-electron chi connectivity index (χ0n) is 15.0. The zero-order valence-corrected chi connectivity index (χ0v) is 15.0. The molecule has 26 heavy (non-hydrogen) atoms. The van der Waals surface area contributed by atoms with Gasteiger partial charge in [0.2, 0.25) is 0 Å². The van der Waals surface area contributed by atoms with E-state index in [1.807, 2.05) is 19.9 Å². The molecule has 142 valence electrons. The van der Waals surface area contributed by atoms with Crippen LogP contribution in [0.2, 0.25) is 0 Å². The van der Waals surface area contributed by atoms with E-state index in [2.05, 4.69) is 5.32 Å². The van der Waals surface area contributed by atoms with E-state index in [1.165, 1.54) is 12.1 Å². The van der Waals surface area contributed by atoms with Gasteiger partial charge < -0.3 is 19.5 Å². The summed E-state index contributed by atoms with van der Waals surface area (Å²) in [6.45, 7) is 5.34. The third-order valence-electron chi connectivity index (χ3n) is 3.55. The van der Waals surface area contributed by atoms with Gasteiger partial charge >= 0.3 is 6.09 Å². The van der Waals surface area contributed by atoms with Crippen molar-refractivity contribution < 1.29 is 24.8 Å². The number of benzene rings is 2. The van der Waals surface area contributed by atoms with Crippen molar-refractivity contribution in [3.63, 3.8) is 0 Å². The number of carbonyl (C=O) groups is 1. The van der Waals surface area contributed by atoms with Gasteiger partial charge in [-0.25, -0.2) is 9.18 Å². The quantitative estimate of drug-likeness (QED) is 0.672. The Hall–Kier alpha value is -2.60. The van der Waals surface area contributed by atoms with Crippen molar-refractivity contribution in [2.75, 3.05) is 26.4 Å². The fraction of sp³-hybridized carbons (Fsp3) is 0.350. The second-order valence-corrected chi connectivity index (χ2v) is 5.93. The number of rotatable bonds is 9. The van der Waals surface area contributed by atoms with Crippen molar-refractivity contribution in [1.29, 1.82) is 0 Å². The summed E-state index contributed by atoms with van der Waals surface area (Å²) in [4.78, 5) is 11.6. The highest BCUT2D eigenvalue weighted by molar-refractivity contribution is 5.70. The van der Waals surface area contributed by atoms with E-state index in [9.17, 15) is 9.18 Å². The fourth-order valence-electron chi connectivity index (χ4n) is 2.28. The maximum atomic E-state index is 13.4. The SMILES string of the molecule is CC(C)c1ccc(F)cc1OCCOCCNC(=O)Oc1ccccc1.[HH]. The molecule has 2 aromatic rings. The standard InChI is InChI=1S/C20H24FNO4.H2/c1-15(2)18-9-8-16(21)14-19(18)25-13-12-24-11-10-22-20(23)26-17-6-4-3-5-7-17;/h3-9,14-15H,10-13H2,1-2H3,(H,22,23);1H. The van der Waals surface area contributed by atoms with E-state index >= 15 is 0 Å². The Morgan fingerprint density at radius 1 is 1.12 bits per heavy atom. The van der Waals surface area contributed by atoms with Crippen LogP contribution in [0.5, 0.6) is 11.5 Å². The van der Waals surface area contributed by atoms with Crippen molar-refractivity contribution in [2.24, 2.45) is 0 Å². The summed E-state index contributed by atoms with van der Waals surface area (Å²) >= 11 is 0. The van der Waals surface area contributed by atoms with Gasteiger partial charge in [-0.05, 0) is 29.7 Å². The molecule has 2 aromatic carbocycles. The number of amides is 1. The van der Waals surface area contributed by atoms with Crippen LogP contribution in [0.1, 0.15) is 26.8 Å². The maximum Gasteiger partial charge on any atom is 0.412 e. The monoisotopic (exact) mass is 363 g/mol. The van der Waals surface area contributed by atoms with Crippen molar-refractivity contribution in [1.82, 2.24) is 5.32 Å². The fourth-order valence-corrected chi connectivity index (χ4v) is 2.28. The number of halogens is 1. The first-order valence-electron chi connectivity index (χ1n) is 8.57. The van der Waals surface area contributed by atoms with Crippen LogP contribution in [-0.2, 0) is 4.74 Å². The molecule has 0 aliphatic rings. The van der Waals surface area contributed by atoms with Crippen molar-refractivity contribution >= 4 is 6.09 Å². The zero-order chi connectivity index (χ0) is 18.8. The minimum Gasteiger partial charge on any atom is -0.491 e. The van der Waals surface area contributed by atoms with E-state index in [4.69, 9.17) is 14.2 Å². The summed E-state index contributed by atoms with van der Waals surface area (Å²) < 4.78 is 29.4. The van der Waals surface area contributed by atoms with E-state index in [0.29, 0.717) is 37.9 Å². The second-order valence-electron chi connectivity index (χ2n) is 5.93. The summed E-state index contributed by atoms with van der Waals surface area (Å²) in [5.74, 6) is 0.932. The second kappa shape index (κ2) is 10.4. The lowest BCUT2D eigenvalue weighted by atomic mass is 10.0. The molecular weight excluding hydrogens is 337 g/mol. The molecule has 1 N–H and O–H groups in total. The lowest BCUT2D eigenvalue weighted by molar-refractivity contribution is 0.101. The molecule has 0 saturated heterocycles. The summed E-state index contributed by atoms with van der Waals surface area (Å²) in [6, 6.07) is 13.4. The molecule has 6 heteroatoms. The van der Waals surface area contributed by atoms with Gasteiger partial charge in [0.25, 0.3) is 0 Å². The number of para-hydroxylation sites is 1. The predicted octanol–water partition coefficient (Wildman–Crippen LogP) is 4.38. The molecule has 0 heterocycles. The molecule has 0 unspecified atom stereocenters. The van der Waals surface area contributed by atoms with Crippen LogP contribution in [0.15, 0.2) is 48.5 Å². The van der Waals surface area contributed by atoms with E-state index in [1.54, 1.807) is 30.3 Å². The van der Waals surface area contributed by atoms with Crippen LogP contribution >= 0.6 is 0 Å². The number of carbonyl (C=O) groups excluding carboxylic acids is 1. The highest BCUT2D eigenvalue weighted by Crippen LogP contribution is 2.27. The Bertz CT molecular complexity index is 698.